The average molecular weight is 221 g/mol. The Labute approximate surface area is 94.3 Å². The van der Waals surface area contributed by atoms with Crippen molar-refractivity contribution in [3.05, 3.63) is 23.8 Å². The van der Waals surface area contributed by atoms with Gasteiger partial charge >= 0.3 is 0 Å². The smallest absolute Gasteiger partial charge is 0.231 e. The van der Waals surface area contributed by atoms with Crippen LogP contribution in [0.4, 0.5) is 0 Å². The highest BCUT2D eigenvalue weighted by Crippen LogP contribution is 2.33. The Bertz CT molecular complexity index is 403. The molecule has 0 spiro atoms. The summed E-state index contributed by atoms with van der Waals surface area (Å²) in [5.74, 6) is 1.15. The second-order valence-electron chi connectivity index (χ2n) is 3.90. The van der Waals surface area contributed by atoms with Crippen molar-refractivity contribution in [1.29, 1.82) is 0 Å². The zero-order chi connectivity index (χ0) is 11.5. The maximum atomic E-state index is 11.1. The number of fused-ring (bicyclic) bond motifs is 1. The van der Waals surface area contributed by atoms with Crippen molar-refractivity contribution in [2.45, 2.75) is 19.8 Å². The maximum absolute atomic E-state index is 11.1. The Morgan fingerprint density at radius 2 is 2.19 bits per heavy atom. The van der Waals surface area contributed by atoms with Crippen LogP contribution in [0.15, 0.2) is 18.2 Å². The van der Waals surface area contributed by atoms with Crippen LogP contribution in [0.5, 0.6) is 11.5 Å². The third-order valence-electron chi connectivity index (χ3n) is 2.81. The van der Waals surface area contributed by atoms with Crippen LogP contribution in [-0.4, -0.2) is 12.7 Å². The molecule has 1 aromatic rings. The van der Waals surface area contributed by atoms with Crippen molar-refractivity contribution in [3.8, 4) is 11.5 Å². The zero-order valence-electron chi connectivity index (χ0n) is 9.23. The Morgan fingerprint density at radius 3 is 2.88 bits per heavy atom. The SMILES string of the molecule is CCC(Cc1ccc2c(c1)OCO2)C(N)=O. The van der Waals surface area contributed by atoms with Gasteiger partial charge in [0.1, 0.15) is 0 Å². The fraction of sp³-hybridized carbons (Fsp3) is 0.417. The summed E-state index contributed by atoms with van der Waals surface area (Å²) in [5.41, 5.74) is 6.36. The van der Waals surface area contributed by atoms with Crippen molar-refractivity contribution in [2.24, 2.45) is 11.7 Å². The van der Waals surface area contributed by atoms with E-state index in [9.17, 15) is 4.79 Å². The lowest BCUT2D eigenvalue weighted by Crippen LogP contribution is -2.24. The number of rotatable bonds is 4. The van der Waals surface area contributed by atoms with E-state index in [1.54, 1.807) is 0 Å². The summed E-state index contributed by atoms with van der Waals surface area (Å²) in [5, 5.41) is 0. The number of hydrogen-bond donors (Lipinski definition) is 1. The fourth-order valence-electron chi connectivity index (χ4n) is 1.80. The lowest BCUT2D eigenvalue weighted by molar-refractivity contribution is -0.121. The van der Waals surface area contributed by atoms with E-state index in [0.717, 1.165) is 23.5 Å². The number of carbonyl (C=O) groups excluding carboxylic acids is 1. The third kappa shape index (κ3) is 2.10. The number of amides is 1. The largest absolute Gasteiger partial charge is 0.454 e. The van der Waals surface area contributed by atoms with E-state index in [0.29, 0.717) is 6.42 Å². The number of carbonyl (C=O) groups is 1. The molecule has 0 aromatic heterocycles. The van der Waals surface area contributed by atoms with Crippen LogP contribution in [0.1, 0.15) is 18.9 Å². The van der Waals surface area contributed by atoms with Crippen molar-refractivity contribution < 1.29 is 14.3 Å². The summed E-state index contributed by atoms with van der Waals surface area (Å²) in [6.45, 7) is 2.23. The molecule has 0 fully saturated rings. The van der Waals surface area contributed by atoms with Gasteiger partial charge in [-0.25, -0.2) is 0 Å². The van der Waals surface area contributed by atoms with Crippen LogP contribution >= 0.6 is 0 Å². The van der Waals surface area contributed by atoms with E-state index in [-0.39, 0.29) is 18.6 Å². The van der Waals surface area contributed by atoms with Crippen molar-refractivity contribution in [3.63, 3.8) is 0 Å². The second kappa shape index (κ2) is 4.43. The maximum Gasteiger partial charge on any atom is 0.231 e. The van der Waals surface area contributed by atoms with Crippen LogP contribution < -0.4 is 15.2 Å². The molecule has 0 aliphatic carbocycles. The summed E-state index contributed by atoms with van der Waals surface area (Å²) in [6, 6.07) is 5.72. The molecule has 0 saturated heterocycles. The molecule has 0 radical (unpaired) electrons. The molecule has 4 heteroatoms. The summed E-state index contributed by atoms with van der Waals surface area (Å²) in [6.07, 6.45) is 1.41. The fourth-order valence-corrected chi connectivity index (χ4v) is 1.80. The lowest BCUT2D eigenvalue weighted by atomic mass is 9.96. The van der Waals surface area contributed by atoms with Gasteiger partial charge in [0.15, 0.2) is 11.5 Å². The molecule has 2 rings (SSSR count). The van der Waals surface area contributed by atoms with E-state index >= 15 is 0 Å². The molecule has 1 aliphatic heterocycles. The van der Waals surface area contributed by atoms with Gasteiger partial charge in [-0.3, -0.25) is 4.79 Å². The molecule has 1 aromatic carbocycles. The molecular formula is C12H15NO3. The van der Waals surface area contributed by atoms with E-state index in [2.05, 4.69) is 0 Å². The van der Waals surface area contributed by atoms with Gasteiger partial charge in [0.2, 0.25) is 12.7 Å². The van der Waals surface area contributed by atoms with Gasteiger partial charge in [-0.1, -0.05) is 13.0 Å². The van der Waals surface area contributed by atoms with E-state index in [1.165, 1.54) is 0 Å². The van der Waals surface area contributed by atoms with Crippen LogP contribution in [0, 0.1) is 5.92 Å². The molecular weight excluding hydrogens is 206 g/mol. The summed E-state index contributed by atoms with van der Waals surface area (Å²) in [7, 11) is 0. The van der Waals surface area contributed by atoms with Gasteiger partial charge in [-0.05, 0) is 30.5 Å². The minimum Gasteiger partial charge on any atom is -0.454 e. The molecule has 1 amide bonds. The molecule has 1 unspecified atom stereocenters. The standard InChI is InChI=1S/C12H15NO3/c1-2-9(12(13)14)5-8-3-4-10-11(6-8)16-7-15-10/h3-4,6,9H,2,5,7H2,1H3,(H2,13,14). The van der Waals surface area contributed by atoms with Gasteiger partial charge in [-0.2, -0.15) is 0 Å². The van der Waals surface area contributed by atoms with Gasteiger partial charge < -0.3 is 15.2 Å². The van der Waals surface area contributed by atoms with Crippen LogP contribution in [0.2, 0.25) is 0 Å². The van der Waals surface area contributed by atoms with E-state index in [1.807, 2.05) is 25.1 Å². The summed E-state index contributed by atoms with van der Waals surface area (Å²) < 4.78 is 10.5. The highest BCUT2D eigenvalue weighted by Gasteiger charge is 2.17. The molecule has 2 N–H and O–H groups in total. The highest BCUT2D eigenvalue weighted by molar-refractivity contribution is 5.76. The van der Waals surface area contributed by atoms with Crippen LogP contribution in [0.25, 0.3) is 0 Å². The van der Waals surface area contributed by atoms with Gasteiger partial charge in [0.05, 0.1) is 0 Å². The van der Waals surface area contributed by atoms with Gasteiger partial charge in [0, 0.05) is 5.92 Å². The third-order valence-corrected chi connectivity index (χ3v) is 2.81. The normalized spacial score (nSPS) is 14.8. The molecule has 0 saturated carbocycles. The Morgan fingerprint density at radius 1 is 1.44 bits per heavy atom. The second-order valence-corrected chi connectivity index (χ2v) is 3.90. The monoisotopic (exact) mass is 221 g/mol. The van der Waals surface area contributed by atoms with Crippen molar-refractivity contribution >= 4 is 5.91 Å². The molecule has 16 heavy (non-hydrogen) atoms. The zero-order valence-corrected chi connectivity index (χ0v) is 9.23. The Kier molecular flexibility index (Phi) is 2.99. The predicted molar refractivity (Wildman–Crippen MR) is 59.2 cm³/mol. The Hall–Kier alpha value is -1.71. The van der Waals surface area contributed by atoms with E-state index < -0.39 is 0 Å². The highest BCUT2D eigenvalue weighted by atomic mass is 16.7. The molecule has 1 heterocycles. The number of benzene rings is 1. The topological polar surface area (TPSA) is 61.6 Å². The first-order valence-corrected chi connectivity index (χ1v) is 5.38. The van der Waals surface area contributed by atoms with Gasteiger partial charge in [0.25, 0.3) is 0 Å². The van der Waals surface area contributed by atoms with E-state index in [4.69, 9.17) is 15.2 Å². The molecule has 0 bridgehead atoms. The summed E-state index contributed by atoms with van der Waals surface area (Å²) in [4.78, 5) is 11.1. The van der Waals surface area contributed by atoms with Gasteiger partial charge in [-0.15, -0.1) is 0 Å². The van der Waals surface area contributed by atoms with Crippen LogP contribution in [0.3, 0.4) is 0 Å². The molecule has 86 valence electrons. The van der Waals surface area contributed by atoms with Crippen molar-refractivity contribution in [1.82, 2.24) is 0 Å². The first kappa shape index (κ1) is 10.8. The number of nitrogens with two attached hydrogens (primary N) is 1. The number of primary amides is 1. The Balaban J connectivity index is 2.13. The first-order valence-electron chi connectivity index (χ1n) is 5.38. The summed E-state index contributed by atoms with van der Waals surface area (Å²) >= 11 is 0. The molecule has 1 atom stereocenters. The quantitative estimate of drug-likeness (QED) is 0.837. The predicted octanol–water partition coefficient (Wildman–Crippen LogP) is 1.47. The molecule has 4 nitrogen and oxygen atoms in total. The first-order chi connectivity index (χ1) is 7.70. The number of ether oxygens (including phenoxy) is 2. The van der Waals surface area contributed by atoms with Crippen LogP contribution in [-0.2, 0) is 11.2 Å². The molecule has 1 aliphatic rings. The lowest BCUT2D eigenvalue weighted by Gasteiger charge is -2.10. The number of hydrogen-bond acceptors (Lipinski definition) is 3. The average Bonchev–Trinajstić information content (AvgIpc) is 2.72. The minimum atomic E-state index is -0.250. The van der Waals surface area contributed by atoms with Crippen molar-refractivity contribution in [2.75, 3.05) is 6.79 Å². The minimum absolute atomic E-state index is 0.111.